The summed E-state index contributed by atoms with van der Waals surface area (Å²) in [6.07, 6.45) is -0.767. The van der Waals surface area contributed by atoms with Gasteiger partial charge in [-0.15, -0.1) is 0 Å². The molecule has 1 amide bonds. The third kappa shape index (κ3) is 5.73. The molecule has 46 heavy (non-hydrogen) atoms. The first-order chi connectivity index (χ1) is 22.1. The zero-order valence-corrected chi connectivity index (χ0v) is 26.3. The zero-order valence-electron chi connectivity index (χ0n) is 26.3. The third-order valence-corrected chi connectivity index (χ3v) is 9.24. The molecular formula is C33H38F3N7O3. The van der Waals surface area contributed by atoms with Gasteiger partial charge in [0, 0.05) is 79.2 Å². The average molecular weight is 638 g/mol. The highest BCUT2D eigenvalue weighted by Gasteiger charge is 2.33. The summed E-state index contributed by atoms with van der Waals surface area (Å²) in [6.45, 7) is 7.52. The quantitative estimate of drug-likeness (QED) is 0.233. The molecule has 1 fully saturated rings. The zero-order chi connectivity index (χ0) is 32.7. The van der Waals surface area contributed by atoms with E-state index in [0.29, 0.717) is 35.7 Å². The number of hydrogen-bond acceptors (Lipinski definition) is 7. The second-order valence-electron chi connectivity index (χ2n) is 11.9. The number of pyridine rings is 3. The molecule has 0 aromatic carbocycles. The van der Waals surface area contributed by atoms with Crippen LogP contribution in [0.3, 0.4) is 0 Å². The minimum absolute atomic E-state index is 0.0407. The Balaban J connectivity index is 1.40. The molecule has 6 rings (SSSR count). The SMILES string of the molecule is COc1cc(C)[nH]c(=O)c1CNC(=O)c1cc2c(-c3ccnc4c3CCN4)ccn2c(C(C)N2CCN(C(F)C(F)F)CC2)c1C. The van der Waals surface area contributed by atoms with E-state index in [0.717, 1.165) is 52.2 Å². The van der Waals surface area contributed by atoms with Crippen LogP contribution < -0.4 is 20.9 Å². The Morgan fingerprint density at radius 1 is 1.09 bits per heavy atom. The summed E-state index contributed by atoms with van der Waals surface area (Å²) in [7, 11) is 1.48. The van der Waals surface area contributed by atoms with Crippen LogP contribution in [0, 0.1) is 13.8 Å². The van der Waals surface area contributed by atoms with Crippen molar-refractivity contribution < 1.29 is 22.7 Å². The summed E-state index contributed by atoms with van der Waals surface area (Å²) in [5.74, 6) is 0.880. The molecule has 1 saturated heterocycles. The molecule has 0 aliphatic carbocycles. The number of aryl methyl sites for hydroxylation is 1. The van der Waals surface area contributed by atoms with E-state index >= 15 is 0 Å². The Labute approximate surface area is 264 Å². The van der Waals surface area contributed by atoms with Gasteiger partial charge < -0.3 is 24.8 Å². The van der Waals surface area contributed by atoms with E-state index in [9.17, 15) is 22.8 Å². The average Bonchev–Trinajstić information content (AvgIpc) is 3.70. The topological polar surface area (TPSA) is 107 Å². The first-order valence-corrected chi connectivity index (χ1v) is 15.4. The summed E-state index contributed by atoms with van der Waals surface area (Å²) >= 11 is 0. The molecule has 4 aromatic rings. The van der Waals surface area contributed by atoms with E-state index in [2.05, 4.69) is 29.9 Å². The van der Waals surface area contributed by atoms with Gasteiger partial charge in [-0.25, -0.2) is 18.2 Å². The fourth-order valence-electron chi connectivity index (χ4n) is 6.80. The van der Waals surface area contributed by atoms with Gasteiger partial charge in [0.15, 0.2) is 0 Å². The number of piperazine rings is 1. The van der Waals surface area contributed by atoms with Gasteiger partial charge in [0.1, 0.15) is 11.6 Å². The highest BCUT2D eigenvalue weighted by molar-refractivity contribution is 5.99. The molecule has 3 N–H and O–H groups in total. The lowest BCUT2D eigenvalue weighted by molar-refractivity contribution is -0.0688. The Morgan fingerprint density at radius 3 is 2.54 bits per heavy atom. The van der Waals surface area contributed by atoms with Gasteiger partial charge in [0.05, 0.1) is 24.7 Å². The molecule has 0 saturated carbocycles. The smallest absolute Gasteiger partial charge is 0.282 e. The van der Waals surface area contributed by atoms with Gasteiger partial charge in [-0.05, 0) is 62.6 Å². The van der Waals surface area contributed by atoms with E-state index in [1.54, 1.807) is 19.2 Å². The summed E-state index contributed by atoms with van der Waals surface area (Å²) in [5.41, 5.74) is 6.57. The van der Waals surface area contributed by atoms with Gasteiger partial charge in [-0.2, -0.15) is 0 Å². The number of halogens is 3. The lowest BCUT2D eigenvalue weighted by Crippen LogP contribution is -2.51. The third-order valence-electron chi connectivity index (χ3n) is 9.24. The summed E-state index contributed by atoms with van der Waals surface area (Å²) in [4.78, 5) is 37.2. The molecule has 244 valence electrons. The fraction of sp³-hybridized carbons (Fsp3) is 0.424. The van der Waals surface area contributed by atoms with Crippen molar-refractivity contribution in [3.63, 3.8) is 0 Å². The van der Waals surface area contributed by atoms with Crippen LogP contribution in [0.5, 0.6) is 5.75 Å². The van der Waals surface area contributed by atoms with Crippen molar-refractivity contribution in [1.29, 1.82) is 0 Å². The summed E-state index contributed by atoms with van der Waals surface area (Å²) in [5, 5.41) is 6.25. The molecule has 2 atom stereocenters. The van der Waals surface area contributed by atoms with Crippen molar-refractivity contribution in [3.8, 4) is 16.9 Å². The number of carbonyl (C=O) groups is 1. The van der Waals surface area contributed by atoms with Crippen LogP contribution in [0.1, 0.15) is 51.4 Å². The van der Waals surface area contributed by atoms with Crippen LogP contribution >= 0.6 is 0 Å². The van der Waals surface area contributed by atoms with E-state index in [4.69, 9.17) is 4.74 Å². The maximum Gasteiger partial charge on any atom is 0.282 e. The van der Waals surface area contributed by atoms with Crippen molar-refractivity contribution in [2.45, 2.75) is 52.5 Å². The number of amides is 1. The van der Waals surface area contributed by atoms with Gasteiger partial charge in [0.25, 0.3) is 17.9 Å². The van der Waals surface area contributed by atoms with Crippen molar-refractivity contribution in [2.75, 3.05) is 45.2 Å². The number of nitrogens with one attached hydrogen (secondary N) is 3. The number of rotatable bonds is 9. The standard InChI is InChI=1S/C33H38F3N7O3/c1-18-15-27(46-4)25(33(45)40-18)17-39-32(44)24-16-26-22(21-5-8-37-31-23(21)6-9-38-31)7-10-43(26)28(19(24)2)20(3)41-11-13-42(14-12-41)30(36)29(34)35/h5,7-8,10,15-16,20,29-30H,6,9,11-14,17H2,1-4H3,(H,37,38)(H,39,44)(H,40,45). The molecule has 0 spiro atoms. The minimum atomic E-state index is -3.06. The predicted octanol–water partition coefficient (Wildman–Crippen LogP) is 4.45. The van der Waals surface area contributed by atoms with Gasteiger partial charge in [-0.3, -0.25) is 19.4 Å². The van der Waals surface area contributed by atoms with Crippen LogP contribution in [-0.2, 0) is 13.0 Å². The van der Waals surface area contributed by atoms with Gasteiger partial charge in [-0.1, -0.05) is 0 Å². The molecule has 10 nitrogen and oxygen atoms in total. The fourth-order valence-corrected chi connectivity index (χ4v) is 6.80. The number of nitrogens with zero attached hydrogens (tertiary/aromatic N) is 4. The second-order valence-corrected chi connectivity index (χ2v) is 11.9. The molecule has 6 heterocycles. The van der Waals surface area contributed by atoms with Crippen LogP contribution in [0.25, 0.3) is 16.6 Å². The van der Waals surface area contributed by atoms with Crippen molar-refractivity contribution in [1.82, 2.24) is 29.5 Å². The lowest BCUT2D eigenvalue weighted by Gasteiger charge is -2.39. The lowest BCUT2D eigenvalue weighted by atomic mass is 9.97. The van der Waals surface area contributed by atoms with E-state index < -0.39 is 12.7 Å². The van der Waals surface area contributed by atoms with Crippen molar-refractivity contribution in [2.24, 2.45) is 0 Å². The first-order valence-electron chi connectivity index (χ1n) is 15.4. The molecule has 2 aliphatic heterocycles. The molecule has 4 aromatic heterocycles. The number of fused-ring (bicyclic) bond motifs is 2. The first kappa shape index (κ1) is 31.6. The van der Waals surface area contributed by atoms with Crippen LogP contribution in [0.15, 0.2) is 41.5 Å². The summed E-state index contributed by atoms with van der Waals surface area (Å²) < 4.78 is 47.7. The number of anilines is 1. The number of hydrogen-bond donors (Lipinski definition) is 3. The molecule has 13 heteroatoms. The largest absolute Gasteiger partial charge is 0.496 e. The minimum Gasteiger partial charge on any atom is -0.496 e. The Hall–Kier alpha value is -4.36. The molecular weight excluding hydrogens is 599 g/mol. The van der Waals surface area contributed by atoms with E-state index in [1.165, 1.54) is 12.0 Å². The van der Waals surface area contributed by atoms with E-state index in [-0.39, 0.29) is 37.1 Å². The van der Waals surface area contributed by atoms with Crippen LogP contribution in [-0.4, -0.2) is 82.6 Å². The molecule has 0 radical (unpaired) electrons. The maximum absolute atomic E-state index is 14.1. The van der Waals surface area contributed by atoms with Gasteiger partial charge >= 0.3 is 0 Å². The monoisotopic (exact) mass is 637 g/mol. The number of H-pyrrole nitrogens is 1. The van der Waals surface area contributed by atoms with Crippen molar-refractivity contribution in [3.05, 3.63) is 80.7 Å². The van der Waals surface area contributed by atoms with E-state index in [1.807, 2.05) is 38.2 Å². The number of aromatic amines is 1. The molecule has 2 aliphatic rings. The number of aromatic nitrogens is 3. The van der Waals surface area contributed by atoms with Crippen LogP contribution in [0.4, 0.5) is 19.0 Å². The normalized spacial score (nSPS) is 16.8. The number of carbonyl (C=O) groups excluding carboxylic acids is 1. The number of methoxy groups -OCH3 is 1. The highest BCUT2D eigenvalue weighted by atomic mass is 19.3. The predicted molar refractivity (Wildman–Crippen MR) is 170 cm³/mol. The highest BCUT2D eigenvalue weighted by Crippen LogP contribution is 2.37. The number of alkyl halides is 3. The Morgan fingerprint density at radius 2 is 1.83 bits per heavy atom. The molecule has 0 bridgehead atoms. The van der Waals surface area contributed by atoms with Crippen molar-refractivity contribution >= 4 is 17.2 Å². The van der Waals surface area contributed by atoms with Crippen LogP contribution in [0.2, 0.25) is 0 Å². The molecule has 2 unspecified atom stereocenters. The second kappa shape index (κ2) is 12.8. The Kier molecular flexibility index (Phi) is 8.80. The van der Waals surface area contributed by atoms with Gasteiger partial charge in [0.2, 0.25) is 6.30 Å². The summed E-state index contributed by atoms with van der Waals surface area (Å²) in [6, 6.07) is 7.37. The number of ether oxygens (including phenoxy) is 1. The Bertz CT molecular complexity index is 1830. The maximum atomic E-state index is 14.1.